The predicted octanol–water partition coefficient (Wildman–Crippen LogP) is 2.78. The Labute approximate surface area is 115 Å². The van der Waals surface area contributed by atoms with Crippen molar-refractivity contribution < 1.29 is 4.74 Å². The van der Waals surface area contributed by atoms with E-state index >= 15 is 0 Å². The Morgan fingerprint density at radius 2 is 2.28 bits per heavy atom. The van der Waals surface area contributed by atoms with Crippen LogP contribution in [0.4, 0.5) is 0 Å². The van der Waals surface area contributed by atoms with Crippen molar-refractivity contribution in [3.05, 3.63) is 46.5 Å². The van der Waals surface area contributed by atoms with Gasteiger partial charge in [-0.15, -0.1) is 0 Å². The monoisotopic (exact) mass is 309 g/mol. The van der Waals surface area contributed by atoms with Crippen molar-refractivity contribution in [2.75, 3.05) is 0 Å². The molecule has 18 heavy (non-hydrogen) atoms. The number of benzene rings is 1. The molecular formula is C13H16BrN3O. The predicted molar refractivity (Wildman–Crippen MR) is 74.3 cm³/mol. The first-order valence-electron chi connectivity index (χ1n) is 5.72. The topological polar surface area (TPSA) is 53.1 Å². The molecule has 0 unspecified atom stereocenters. The summed E-state index contributed by atoms with van der Waals surface area (Å²) in [6, 6.07) is 5.78. The van der Waals surface area contributed by atoms with E-state index in [1.807, 2.05) is 42.9 Å². The summed E-state index contributed by atoms with van der Waals surface area (Å²) in [4.78, 5) is 4.22. The fourth-order valence-electron chi connectivity index (χ4n) is 1.68. The SMILES string of the molecule is C[C@@H](N)c1cc(Br)ccc1OCc1nccn1C. The smallest absolute Gasteiger partial charge is 0.146 e. The lowest BCUT2D eigenvalue weighted by Gasteiger charge is -2.14. The molecular weight excluding hydrogens is 294 g/mol. The normalized spacial score (nSPS) is 12.4. The van der Waals surface area contributed by atoms with Gasteiger partial charge in [-0.1, -0.05) is 15.9 Å². The van der Waals surface area contributed by atoms with E-state index in [1.165, 1.54) is 0 Å². The van der Waals surface area contributed by atoms with Crippen molar-refractivity contribution in [3.63, 3.8) is 0 Å². The number of aryl methyl sites for hydroxylation is 1. The Kier molecular flexibility index (Phi) is 4.04. The van der Waals surface area contributed by atoms with Crippen LogP contribution in [0.3, 0.4) is 0 Å². The molecule has 2 N–H and O–H groups in total. The molecule has 0 saturated carbocycles. The molecule has 1 heterocycles. The zero-order valence-electron chi connectivity index (χ0n) is 10.4. The van der Waals surface area contributed by atoms with Gasteiger partial charge in [0, 0.05) is 35.5 Å². The zero-order valence-corrected chi connectivity index (χ0v) is 12.0. The highest BCUT2D eigenvalue weighted by Gasteiger charge is 2.10. The van der Waals surface area contributed by atoms with Gasteiger partial charge in [0.25, 0.3) is 0 Å². The number of imidazole rings is 1. The molecule has 1 atom stereocenters. The second-order valence-corrected chi connectivity index (χ2v) is 5.13. The second kappa shape index (κ2) is 5.54. The first-order valence-corrected chi connectivity index (χ1v) is 6.51. The van der Waals surface area contributed by atoms with Crippen LogP contribution in [-0.4, -0.2) is 9.55 Å². The van der Waals surface area contributed by atoms with E-state index < -0.39 is 0 Å². The Morgan fingerprint density at radius 1 is 1.50 bits per heavy atom. The molecule has 5 heteroatoms. The summed E-state index contributed by atoms with van der Waals surface area (Å²) in [5.41, 5.74) is 6.93. The van der Waals surface area contributed by atoms with Crippen molar-refractivity contribution >= 4 is 15.9 Å². The number of halogens is 1. The van der Waals surface area contributed by atoms with E-state index in [2.05, 4.69) is 20.9 Å². The molecule has 1 aromatic heterocycles. The third-order valence-corrected chi connectivity index (χ3v) is 3.23. The van der Waals surface area contributed by atoms with E-state index in [0.717, 1.165) is 21.6 Å². The molecule has 4 nitrogen and oxygen atoms in total. The Hall–Kier alpha value is -1.33. The first-order chi connectivity index (χ1) is 8.58. The lowest BCUT2D eigenvalue weighted by atomic mass is 10.1. The second-order valence-electron chi connectivity index (χ2n) is 4.21. The number of hydrogen-bond donors (Lipinski definition) is 1. The molecule has 0 aliphatic heterocycles. The highest BCUT2D eigenvalue weighted by molar-refractivity contribution is 9.10. The minimum absolute atomic E-state index is 0.0705. The molecule has 0 aliphatic rings. The van der Waals surface area contributed by atoms with Gasteiger partial charge >= 0.3 is 0 Å². The summed E-state index contributed by atoms with van der Waals surface area (Å²) in [6.07, 6.45) is 3.65. The molecule has 0 radical (unpaired) electrons. The first kappa shape index (κ1) is 13.1. The van der Waals surface area contributed by atoms with Gasteiger partial charge in [-0.2, -0.15) is 0 Å². The largest absolute Gasteiger partial charge is 0.485 e. The molecule has 0 bridgehead atoms. The molecule has 1 aromatic carbocycles. The Morgan fingerprint density at radius 3 is 2.89 bits per heavy atom. The molecule has 0 spiro atoms. The van der Waals surface area contributed by atoms with Gasteiger partial charge in [-0.25, -0.2) is 4.98 Å². The summed E-state index contributed by atoms with van der Waals surface area (Å²) >= 11 is 3.44. The fraction of sp³-hybridized carbons (Fsp3) is 0.308. The molecule has 96 valence electrons. The number of aromatic nitrogens is 2. The van der Waals surface area contributed by atoms with Gasteiger partial charge in [0.05, 0.1) is 0 Å². The number of nitrogens with zero attached hydrogens (tertiary/aromatic N) is 2. The number of rotatable bonds is 4. The number of ether oxygens (including phenoxy) is 1. The fourth-order valence-corrected chi connectivity index (χ4v) is 2.06. The minimum Gasteiger partial charge on any atom is -0.485 e. The third kappa shape index (κ3) is 2.91. The van der Waals surface area contributed by atoms with Crippen molar-refractivity contribution in [3.8, 4) is 5.75 Å². The average molecular weight is 310 g/mol. The van der Waals surface area contributed by atoms with Gasteiger partial charge in [0.15, 0.2) is 0 Å². The molecule has 0 amide bonds. The Bertz CT molecular complexity index is 537. The van der Waals surface area contributed by atoms with Crippen LogP contribution in [0.25, 0.3) is 0 Å². The van der Waals surface area contributed by atoms with Crippen LogP contribution in [0.2, 0.25) is 0 Å². The maximum atomic E-state index is 5.94. The quantitative estimate of drug-likeness (QED) is 0.945. The number of hydrogen-bond acceptors (Lipinski definition) is 3. The van der Waals surface area contributed by atoms with Crippen molar-refractivity contribution in [2.24, 2.45) is 12.8 Å². The molecule has 2 aromatic rings. The standard InChI is InChI=1S/C13H16BrN3O/c1-9(15)11-7-10(14)3-4-12(11)18-8-13-16-5-6-17(13)2/h3-7,9H,8,15H2,1-2H3/t9-/m1/s1. The molecule has 2 rings (SSSR count). The summed E-state index contributed by atoms with van der Waals surface area (Å²) in [5.74, 6) is 1.68. The van der Waals surface area contributed by atoms with Crippen LogP contribution in [0.5, 0.6) is 5.75 Å². The van der Waals surface area contributed by atoms with Crippen molar-refractivity contribution in [1.29, 1.82) is 0 Å². The van der Waals surface area contributed by atoms with Gasteiger partial charge in [-0.05, 0) is 25.1 Å². The highest BCUT2D eigenvalue weighted by Crippen LogP contribution is 2.27. The lowest BCUT2D eigenvalue weighted by Crippen LogP contribution is -2.09. The van der Waals surface area contributed by atoms with Gasteiger partial charge in [-0.3, -0.25) is 0 Å². The summed E-state index contributed by atoms with van der Waals surface area (Å²) in [7, 11) is 1.94. The van der Waals surface area contributed by atoms with Gasteiger partial charge in [0.2, 0.25) is 0 Å². The molecule has 0 aliphatic carbocycles. The van der Waals surface area contributed by atoms with Crippen molar-refractivity contribution in [1.82, 2.24) is 9.55 Å². The Balaban J connectivity index is 2.16. The zero-order chi connectivity index (χ0) is 13.1. The maximum absolute atomic E-state index is 5.94. The summed E-state index contributed by atoms with van der Waals surface area (Å²) < 4.78 is 8.73. The van der Waals surface area contributed by atoms with Crippen LogP contribution in [0, 0.1) is 0 Å². The number of nitrogens with two attached hydrogens (primary N) is 1. The maximum Gasteiger partial charge on any atom is 0.146 e. The van der Waals surface area contributed by atoms with Crippen LogP contribution in [0.15, 0.2) is 35.1 Å². The summed E-state index contributed by atoms with van der Waals surface area (Å²) in [5, 5.41) is 0. The van der Waals surface area contributed by atoms with Crippen LogP contribution in [0.1, 0.15) is 24.4 Å². The van der Waals surface area contributed by atoms with Crippen LogP contribution >= 0.6 is 15.9 Å². The van der Waals surface area contributed by atoms with E-state index in [9.17, 15) is 0 Å². The minimum atomic E-state index is -0.0705. The molecule has 0 fully saturated rings. The van der Waals surface area contributed by atoms with Crippen molar-refractivity contribution in [2.45, 2.75) is 19.6 Å². The van der Waals surface area contributed by atoms with Gasteiger partial charge in [0.1, 0.15) is 18.2 Å². The lowest BCUT2D eigenvalue weighted by molar-refractivity contribution is 0.287. The van der Waals surface area contributed by atoms with Crippen LogP contribution < -0.4 is 10.5 Å². The van der Waals surface area contributed by atoms with Crippen LogP contribution in [-0.2, 0) is 13.7 Å². The highest BCUT2D eigenvalue weighted by atomic mass is 79.9. The van der Waals surface area contributed by atoms with E-state index in [-0.39, 0.29) is 6.04 Å². The van der Waals surface area contributed by atoms with E-state index in [0.29, 0.717) is 6.61 Å². The molecule has 0 saturated heterocycles. The van der Waals surface area contributed by atoms with Gasteiger partial charge < -0.3 is 15.0 Å². The van der Waals surface area contributed by atoms with E-state index in [4.69, 9.17) is 10.5 Å². The average Bonchev–Trinajstić information content (AvgIpc) is 2.73. The summed E-state index contributed by atoms with van der Waals surface area (Å²) in [6.45, 7) is 2.38. The third-order valence-electron chi connectivity index (χ3n) is 2.74. The van der Waals surface area contributed by atoms with E-state index in [1.54, 1.807) is 6.20 Å².